The summed E-state index contributed by atoms with van der Waals surface area (Å²) < 4.78 is 15.7. The Balaban J connectivity index is 1.81. The van der Waals surface area contributed by atoms with Crippen molar-refractivity contribution in [2.45, 2.75) is 19.3 Å². The van der Waals surface area contributed by atoms with E-state index in [-0.39, 0.29) is 17.6 Å². The van der Waals surface area contributed by atoms with E-state index in [1.165, 1.54) is 6.07 Å². The van der Waals surface area contributed by atoms with Crippen molar-refractivity contribution in [3.05, 3.63) is 75.6 Å². The van der Waals surface area contributed by atoms with Crippen LogP contribution in [0.1, 0.15) is 29.0 Å². The van der Waals surface area contributed by atoms with Gasteiger partial charge in [0.1, 0.15) is 11.6 Å². The van der Waals surface area contributed by atoms with E-state index in [1.807, 2.05) is 31.2 Å². The minimum absolute atomic E-state index is 0.0770. The standard InChI is InChI=1S/C19H15BrFN3O/c1-11-2-5-13(6-3-11)24-19-15(10-22-24)14(9-18(25)23-19)12-4-7-17(21)16(20)8-12/h2-8,10,14H,9H2,1H3,(H,23,25)/t14-/m0/s1. The number of anilines is 1. The van der Waals surface area contributed by atoms with Gasteiger partial charge in [0.25, 0.3) is 0 Å². The number of fused-ring (bicyclic) bond motifs is 1. The number of halogens is 2. The number of hydrogen-bond acceptors (Lipinski definition) is 2. The maximum Gasteiger partial charge on any atom is 0.226 e. The van der Waals surface area contributed by atoms with Crippen molar-refractivity contribution in [2.75, 3.05) is 5.32 Å². The zero-order valence-electron chi connectivity index (χ0n) is 13.5. The number of hydrogen-bond donors (Lipinski definition) is 1. The second kappa shape index (κ2) is 6.11. The van der Waals surface area contributed by atoms with Crippen LogP contribution >= 0.6 is 15.9 Å². The lowest BCUT2D eigenvalue weighted by atomic mass is 9.87. The Morgan fingerprint density at radius 3 is 2.72 bits per heavy atom. The van der Waals surface area contributed by atoms with E-state index >= 15 is 0 Å². The molecule has 6 heteroatoms. The third-order valence-electron chi connectivity index (χ3n) is 4.44. The molecule has 0 radical (unpaired) electrons. The molecule has 0 spiro atoms. The van der Waals surface area contributed by atoms with E-state index in [9.17, 15) is 9.18 Å². The molecule has 25 heavy (non-hydrogen) atoms. The maximum absolute atomic E-state index is 13.6. The zero-order valence-corrected chi connectivity index (χ0v) is 15.0. The van der Waals surface area contributed by atoms with Gasteiger partial charge in [-0.3, -0.25) is 4.79 Å². The molecule has 1 aliphatic rings. The minimum Gasteiger partial charge on any atom is -0.310 e. The van der Waals surface area contributed by atoms with Crippen molar-refractivity contribution in [3.63, 3.8) is 0 Å². The summed E-state index contributed by atoms with van der Waals surface area (Å²) >= 11 is 3.22. The van der Waals surface area contributed by atoms with Gasteiger partial charge in [-0.15, -0.1) is 0 Å². The van der Waals surface area contributed by atoms with Gasteiger partial charge >= 0.3 is 0 Å². The van der Waals surface area contributed by atoms with Crippen molar-refractivity contribution in [3.8, 4) is 5.69 Å². The number of nitrogens with zero attached hydrogens (tertiary/aromatic N) is 2. The highest BCUT2D eigenvalue weighted by atomic mass is 79.9. The molecule has 1 atom stereocenters. The number of aryl methyl sites for hydroxylation is 1. The van der Waals surface area contributed by atoms with Crippen LogP contribution in [0, 0.1) is 12.7 Å². The highest BCUT2D eigenvalue weighted by Crippen LogP contribution is 2.38. The van der Waals surface area contributed by atoms with Crippen LogP contribution < -0.4 is 5.32 Å². The summed E-state index contributed by atoms with van der Waals surface area (Å²) in [6, 6.07) is 12.8. The van der Waals surface area contributed by atoms with Gasteiger partial charge in [0.2, 0.25) is 5.91 Å². The smallest absolute Gasteiger partial charge is 0.226 e. The van der Waals surface area contributed by atoms with Crippen molar-refractivity contribution in [2.24, 2.45) is 0 Å². The number of carbonyl (C=O) groups is 1. The molecule has 0 saturated carbocycles. The Morgan fingerprint density at radius 2 is 2.00 bits per heavy atom. The zero-order chi connectivity index (χ0) is 17.6. The number of aromatic nitrogens is 2. The molecule has 1 aromatic heterocycles. The van der Waals surface area contributed by atoms with Crippen molar-refractivity contribution < 1.29 is 9.18 Å². The molecule has 126 valence electrons. The number of amides is 1. The van der Waals surface area contributed by atoms with Crippen molar-refractivity contribution in [1.29, 1.82) is 0 Å². The van der Waals surface area contributed by atoms with Gasteiger partial charge in [0, 0.05) is 17.9 Å². The molecule has 0 unspecified atom stereocenters. The van der Waals surface area contributed by atoms with Gasteiger partial charge < -0.3 is 5.32 Å². The molecule has 3 aromatic rings. The van der Waals surface area contributed by atoms with E-state index in [2.05, 4.69) is 26.3 Å². The topological polar surface area (TPSA) is 46.9 Å². The number of carbonyl (C=O) groups excluding carboxylic acids is 1. The summed E-state index contributed by atoms with van der Waals surface area (Å²) in [5.41, 5.74) is 3.85. The van der Waals surface area contributed by atoms with Crippen molar-refractivity contribution >= 4 is 27.7 Å². The Bertz CT molecular complexity index is 965. The molecule has 0 aliphatic carbocycles. The quantitative estimate of drug-likeness (QED) is 0.686. The lowest BCUT2D eigenvalue weighted by Gasteiger charge is -2.24. The Hall–Kier alpha value is -2.47. The molecule has 2 heterocycles. The molecule has 0 saturated heterocycles. The van der Waals surface area contributed by atoms with Gasteiger partial charge in [-0.05, 0) is 52.7 Å². The molecule has 0 bridgehead atoms. The average molecular weight is 400 g/mol. The summed E-state index contributed by atoms with van der Waals surface area (Å²) in [6.07, 6.45) is 2.08. The first-order chi connectivity index (χ1) is 12.0. The van der Waals surface area contributed by atoms with Gasteiger partial charge in [-0.2, -0.15) is 5.10 Å². The van der Waals surface area contributed by atoms with Gasteiger partial charge in [-0.25, -0.2) is 9.07 Å². The molecular formula is C19H15BrFN3O. The highest BCUT2D eigenvalue weighted by molar-refractivity contribution is 9.10. The van der Waals surface area contributed by atoms with E-state index in [0.717, 1.165) is 22.4 Å². The first kappa shape index (κ1) is 16.0. The molecular weight excluding hydrogens is 385 g/mol. The fourth-order valence-corrected chi connectivity index (χ4v) is 3.52. The molecule has 2 aromatic carbocycles. The van der Waals surface area contributed by atoms with Crippen LogP contribution in [0.25, 0.3) is 5.69 Å². The third kappa shape index (κ3) is 2.87. The lowest BCUT2D eigenvalue weighted by Crippen LogP contribution is -2.24. The first-order valence-corrected chi connectivity index (χ1v) is 8.72. The fraction of sp³-hybridized carbons (Fsp3) is 0.158. The highest BCUT2D eigenvalue weighted by Gasteiger charge is 2.30. The second-order valence-corrected chi connectivity index (χ2v) is 7.03. The molecule has 1 amide bonds. The molecule has 1 aliphatic heterocycles. The summed E-state index contributed by atoms with van der Waals surface area (Å²) in [5, 5.41) is 7.39. The van der Waals surface area contributed by atoms with Crippen LogP contribution in [0.15, 0.2) is 53.1 Å². The van der Waals surface area contributed by atoms with Crippen LogP contribution in [0.2, 0.25) is 0 Å². The van der Waals surface area contributed by atoms with E-state index < -0.39 is 0 Å². The van der Waals surface area contributed by atoms with Crippen molar-refractivity contribution in [1.82, 2.24) is 9.78 Å². The summed E-state index contributed by atoms with van der Waals surface area (Å²) in [4.78, 5) is 12.3. The van der Waals surface area contributed by atoms with Gasteiger partial charge in [-0.1, -0.05) is 23.8 Å². The first-order valence-electron chi connectivity index (χ1n) is 7.92. The second-order valence-electron chi connectivity index (χ2n) is 6.17. The summed E-state index contributed by atoms with van der Waals surface area (Å²) in [5.74, 6) is 0.122. The van der Waals surface area contributed by atoms with Crippen LogP contribution in [0.5, 0.6) is 0 Å². The number of benzene rings is 2. The van der Waals surface area contributed by atoms with Gasteiger partial charge in [0.05, 0.1) is 16.4 Å². The van der Waals surface area contributed by atoms with Crippen LogP contribution in [-0.2, 0) is 4.79 Å². The van der Waals surface area contributed by atoms with E-state index in [4.69, 9.17) is 0 Å². The van der Waals surface area contributed by atoms with Crippen LogP contribution in [0.4, 0.5) is 10.2 Å². The molecule has 0 fully saturated rings. The summed E-state index contributed by atoms with van der Waals surface area (Å²) in [6.45, 7) is 2.02. The normalized spacial score (nSPS) is 16.4. The average Bonchev–Trinajstić information content (AvgIpc) is 3.01. The summed E-state index contributed by atoms with van der Waals surface area (Å²) in [7, 11) is 0. The molecule has 4 rings (SSSR count). The van der Waals surface area contributed by atoms with E-state index in [0.29, 0.717) is 16.7 Å². The Morgan fingerprint density at radius 1 is 1.24 bits per heavy atom. The Labute approximate surface area is 152 Å². The molecule has 1 N–H and O–H groups in total. The Kier molecular flexibility index (Phi) is 3.92. The van der Waals surface area contributed by atoms with E-state index in [1.54, 1.807) is 23.0 Å². The fourth-order valence-electron chi connectivity index (χ4n) is 3.13. The van der Waals surface area contributed by atoms with Crippen LogP contribution in [0.3, 0.4) is 0 Å². The minimum atomic E-state index is -0.320. The lowest BCUT2D eigenvalue weighted by molar-refractivity contribution is -0.116. The predicted octanol–water partition coefficient (Wildman–Crippen LogP) is 4.56. The number of nitrogens with one attached hydrogen (secondary N) is 1. The number of rotatable bonds is 2. The maximum atomic E-state index is 13.6. The predicted molar refractivity (Wildman–Crippen MR) is 97.5 cm³/mol. The van der Waals surface area contributed by atoms with Gasteiger partial charge in [0.15, 0.2) is 0 Å². The molecule has 4 nitrogen and oxygen atoms in total. The SMILES string of the molecule is Cc1ccc(-n2ncc3c2NC(=O)C[C@H]3c2ccc(F)c(Br)c2)cc1. The third-order valence-corrected chi connectivity index (χ3v) is 5.05. The largest absolute Gasteiger partial charge is 0.310 e. The monoisotopic (exact) mass is 399 g/mol. The van der Waals surface area contributed by atoms with Crippen LogP contribution in [-0.4, -0.2) is 15.7 Å².